The maximum Gasteiger partial charge on any atom is 0.259 e. The van der Waals surface area contributed by atoms with Crippen LogP contribution in [0, 0.1) is 11.8 Å². The quantitative estimate of drug-likeness (QED) is 0.406. The Kier molecular flexibility index (Phi) is 14.0. The van der Waals surface area contributed by atoms with Gasteiger partial charge in [0.1, 0.15) is 17.2 Å². The van der Waals surface area contributed by atoms with Gasteiger partial charge in [-0.3, -0.25) is 9.59 Å². The molecule has 4 N–H and O–H groups in total. The van der Waals surface area contributed by atoms with Crippen LogP contribution in [0.25, 0.3) is 0 Å². The fraction of sp³-hybridized carbons (Fsp3) is 0.750. The number of primary amides is 1. The minimum atomic E-state index is -0.324. The smallest absolute Gasteiger partial charge is 0.259 e. The molecule has 0 aliphatic carbocycles. The molecule has 0 aromatic carbocycles. The molecule has 1 aromatic rings. The van der Waals surface area contributed by atoms with Crippen molar-refractivity contribution >= 4 is 42.4 Å². The van der Waals surface area contributed by atoms with E-state index in [1.807, 2.05) is 4.90 Å². The normalized spacial score (nSPS) is 18.0. The number of carbonyl (C=O) groups is 2. The van der Waals surface area contributed by atoms with Gasteiger partial charge in [-0.15, -0.1) is 24.8 Å². The number of nitrogens with two attached hydrogens (primary N) is 1. The second kappa shape index (κ2) is 14.7. The summed E-state index contributed by atoms with van der Waals surface area (Å²) in [6, 6.07) is -0.105. The molecule has 0 spiro atoms. The van der Waals surface area contributed by atoms with Crippen molar-refractivity contribution < 1.29 is 9.59 Å². The van der Waals surface area contributed by atoms with E-state index in [0.29, 0.717) is 43.3 Å². The van der Waals surface area contributed by atoms with Crippen LogP contribution in [-0.4, -0.2) is 58.9 Å². The van der Waals surface area contributed by atoms with Crippen molar-refractivity contribution in [2.75, 3.05) is 31.5 Å². The molecular formula is C24H44Cl2N6O2. The van der Waals surface area contributed by atoms with Crippen molar-refractivity contribution in [3.05, 3.63) is 17.6 Å². The number of halogens is 2. The van der Waals surface area contributed by atoms with Crippen LogP contribution in [0.5, 0.6) is 0 Å². The van der Waals surface area contributed by atoms with E-state index in [1.54, 1.807) is 6.20 Å². The summed E-state index contributed by atoms with van der Waals surface area (Å²) in [6.07, 6.45) is 5.49. The van der Waals surface area contributed by atoms with Crippen LogP contribution < -0.4 is 16.4 Å². The lowest BCUT2D eigenvalue weighted by Crippen LogP contribution is -2.54. The Labute approximate surface area is 217 Å². The highest BCUT2D eigenvalue weighted by atomic mass is 35.5. The minimum Gasteiger partial charge on any atom is -0.369 e. The average molecular weight is 520 g/mol. The average Bonchev–Trinajstić information content (AvgIpc) is 2.73. The van der Waals surface area contributed by atoms with Crippen LogP contribution in [0.15, 0.2) is 6.20 Å². The van der Waals surface area contributed by atoms with E-state index in [2.05, 4.69) is 57.2 Å². The highest BCUT2D eigenvalue weighted by molar-refractivity contribution is 5.98. The number of nitrogens with zero attached hydrogens (tertiary/aromatic N) is 3. The van der Waals surface area contributed by atoms with Gasteiger partial charge in [-0.2, -0.15) is 0 Å². The van der Waals surface area contributed by atoms with Crippen molar-refractivity contribution in [1.82, 2.24) is 20.2 Å². The Hall–Kier alpha value is -1.64. The molecule has 10 heteroatoms. The number of piperidine rings is 1. The standard InChI is InChI=1S/C24H42N6O2.2ClH/c1-7-8-9-10-27-21-19(14-28-23(29-21)24(4,5)6)22(32)30(15-16(2)3)18-11-17(20(25)31)12-26-13-18;;/h14,16-18,26H,7-13,15H2,1-6H3,(H2,25,31)(H,27,28,29);2*1H/t17-,18+;;/m1../s1. The first-order chi connectivity index (χ1) is 15.0. The van der Waals surface area contributed by atoms with E-state index < -0.39 is 0 Å². The predicted molar refractivity (Wildman–Crippen MR) is 143 cm³/mol. The molecule has 196 valence electrons. The molecule has 2 amide bonds. The summed E-state index contributed by atoms with van der Waals surface area (Å²) in [5, 5.41) is 6.67. The first kappa shape index (κ1) is 32.4. The number of amides is 2. The van der Waals surface area contributed by atoms with Crippen molar-refractivity contribution in [2.24, 2.45) is 17.6 Å². The monoisotopic (exact) mass is 518 g/mol. The summed E-state index contributed by atoms with van der Waals surface area (Å²) in [5.74, 6) is 0.876. The second-order valence-electron chi connectivity index (χ2n) is 10.3. The molecule has 2 atom stereocenters. The van der Waals surface area contributed by atoms with E-state index in [9.17, 15) is 9.59 Å². The van der Waals surface area contributed by atoms with Gasteiger partial charge in [-0.05, 0) is 18.8 Å². The Bertz CT molecular complexity index is 785. The molecule has 8 nitrogen and oxygen atoms in total. The summed E-state index contributed by atoms with van der Waals surface area (Å²) in [7, 11) is 0. The molecule has 0 saturated carbocycles. The van der Waals surface area contributed by atoms with Crippen molar-refractivity contribution in [2.45, 2.75) is 78.7 Å². The number of nitrogens with one attached hydrogen (secondary N) is 2. The van der Waals surface area contributed by atoms with Gasteiger partial charge in [0.25, 0.3) is 5.91 Å². The number of unbranched alkanes of at least 4 members (excludes halogenated alkanes) is 2. The Morgan fingerprint density at radius 2 is 1.91 bits per heavy atom. The van der Waals surface area contributed by atoms with E-state index in [1.165, 1.54) is 0 Å². The van der Waals surface area contributed by atoms with Crippen molar-refractivity contribution in [1.29, 1.82) is 0 Å². The van der Waals surface area contributed by atoms with Crippen molar-refractivity contribution in [3.8, 4) is 0 Å². The third kappa shape index (κ3) is 9.19. The number of anilines is 1. The summed E-state index contributed by atoms with van der Waals surface area (Å²) >= 11 is 0. The van der Waals surface area contributed by atoms with Crippen LogP contribution in [0.2, 0.25) is 0 Å². The molecule has 2 heterocycles. The molecule has 1 aliphatic heterocycles. The number of hydrogen-bond acceptors (Lipinski definition) is 6. The van der Waals surface area contributed by atoms with Gasteiger partial charge in [-0.25, -0.2) is 9.97 Å². The first-order valence-electron chi connectivity index (χ1n) is 12.0. The van der Waals surface area contributed by atoms with Crippen LogP contribution in [0.4, 0.5) is 5.82 Å². The molecule has 0 bridgehead atoms. The molecule has 0 radical (unpaired) electrons. The molecule has 1 saturated heterocycles. The molecule has 2 rings (SSSR count). The number of aromatic nitrogens is 2. The SMILES string of the molecule is CCCCCNc1nc(C(C)(C)C)ncc1C(=O)N(CC(C)C)[C@@H]1CNC[C@H](C(N)=O)C1.Cl.Cl. The van der Waals surface area contributed by atoms with Gasteiger partial charge < -0.3 is 21.3 Å². The second-order valence-corrected chi connectivity index (χ2v) is 10.3. The zero-order chi connectivity index (χ0) is 23.9. The summed E-state index contributed by atoms with van der Waals surface area (Å²) in [6.45, 7) is 15.1. The van der Waals surface area contributed by atoms with Crippen LogP contribution in [0.1, 0.15) is 83.4 Å². The lowest BCUT2D eigenvalue weighted by Gasteiger charge is -2.38. The van der Waals surface area contributed by atoms with Gasteiger partial charge in [0.05, 0.1) is 5.92 Å². The lowest BCUT2D eigenvalue weighted by molar-refractivity contribution is -0.122. The minimum absolute atomic E-state index is 0. The Morgan fingerprint density at radius 1 is 1.24 bits per heavy atom. The predicted octanol–water partition coefficient (Wildman–Crippen LogP) is 3.78. The molecule has 1 aliphatic rings. The fourth-order valence-corrected chi connectivity index (χ4v) is 3.94. The molecule has 0 unspecified atom stereocenters. The number of hydrogen-bond donors (Lipinski definition) is 3. The third-order valence-electron chi connectivity index (χ3n) is 5.76. The van der Waals surface area contributed by atoms with E-state index in [0.717, 1.165) is 25.8 Å². The zero-order valence-electron chi connectivity index (χ0n) is 21.5. The maximum atomic E-state index is 13.8. The Morgan fingerprint density at radius 3 is 2.47 bits per heavy atom. The third-order valence-corrected chi connectivity index (χ3v) is 5.76. The zero-order valence-corrected chi connectivity index (χ0v) is 23.2. The van der Waals surface area contributed by atoms with Crippen molar-refractivity contribution in [3.63, 3.8) is 0 Å². The summed E-state index contributed by atoms with van der Waals surface area (Å²) < 4.78 is 0. The largest absolute Gasteiger partial charge is 0.369 e. The maximum absolute atomic E-state index is 13.8. The van der Waals surface area contributed by atoms with Gasteiger partial charge >= 0.3 is 0 Å². The van der Waals surface area contributed by atoms with E-state index in [4.69, 9.17) is 10.7 Å². The summed E-state index contributed by atoms with van der Waals surface area (Å²) in [4.78, 5) is 36.7. The molecule has 1 fully saturated rings. The van der Waals surface area contributed by atoms with E-state index >= 15 is 0 Å². The van der Waals surface area contributed by atoms with Crippen LogP contribution in [-0.2, 0) is 10.2 Å². The van der Waals surface area contributed by atoms with Gasteiger partial charge in [0, 0.05) is 43.8 Å². The number of rotatable bonds is 10. The molecular weight excluding hydrogens is 475 g/mol. The topological polar surface area (TPSA) is 113 Å². The van der Waals surface area contributed by atoms with Gasteiger partial charge in [-0.1, -0.05) is 54.4 Å². The van der Waals surface area contributed by atoms with Crippen LogP contribution >= 0.6 is 24.8 Å². The van der Waals surface area contributed by atoms with Crippen LogP contribution in [0.3, 0.4) is 0 Å². The van der Waals surface area contributed by atoms with Gasteiger partial charge in [0.2, 0.25) is 5.91 Å². The Balaban J connectivity index is 0.00000544. The first-order valence-corrected chi connectivity index (χ1v) is 12.0. The molecule has 34 heavy (non-hydrogen) atoms. The van der Waals surface area contributed by atoms with E-state index in [-0.39, 0.29) is 59.9 Å². The summed E-state index contributed by atoms with van der Waals surface area (Å²) in [5.41, 5.74) is 5.83. The molecule has 1 aromatic heterocycles. The fourth-order valence-electron chi connectivity index (χ4n) is 3.94. The lowest BCUT2D eigenvalue weighted by atomic mass is 9.93. The highest BCUT2D eigenvalue weighted by Crippen LogP contribution is 2.25. The van der Waals surface area contributed by atoms with Gasteiger partial charge in [0.15, 0.2) is 0 Å². The highest BCUT2D eigenvalue weighted by Gasteiger charge is 2.34. The number of carbonyl (C=O) groups excluding carboxylic acids is 2.